The maximum atomic E-state index is 10.5. The molecule has 0 aliphatic carbocycles. The molecule has 1 aromatic carbocycles. The number of carboxylic acids is 1. The summed E-state index contributed by atoms with van der Waals surface area (Å²) in [6.45, 7) is 7.55. The minimum absolute atomic E-state index is 0.0949. The molecule has 0 aliphatic rings. The molecule has 1 rings (SSSR count). The van der Waals surface area contributed by atoms with Crippen LogP contribution in [0.1, 0.15) is 32.3 Å². The van der Waals surface area contributed by atoms with Gasteiger partial charge in [0.25, 0.3) is 0 Å². The minimum Gasteiger partial charge on any atom is -0.478 e. The molecule has 3 heteroatoms. The Balaban J connectivity index is 0.000000356. The molecule has 104 valence electrons. The lowest BCUT2D eigenvalue weighted by molar-refractivity contribution is -0.133. The number of hydrogen-bond donors (Lipinski definition) is 2. The number of nitrogens with two attached hydrogens (primary N) is 1. The largest absolute Gasteiger partial charge is 0.478 e. The van der Waals surface area contributed by atoms with E-state index in [0.717, 1.165) is 12.8 Å². The Hall–Kier alpha value is -2.03. The molecule has 0 amide bonds. The van der Waals surface area contributed by atoms with Crippen molar-refractivity contribution < 1.29 is 9.90 Å². The molecule has 3 nitrogen and oxygen atoms in total. The van der Waals surface area contributed by atoms with Gasteiger partial charge < -0.3 is 10.8 Å². The second-order valence-electron chi connectivity index (χ2n) is 4.06. The van der Waals surface area contributed by atoms with E-state index in [4.69, 9.17) is 10.8 Å². The van der Waals surface area contributed by atoms with Gasteiger partial charge in [0, 0.05) is 6.20 Å². The Labute approximate surface area is 115 Å². The number of carboxylic acid groups (broad SMARTS) is 1. The zero-order valence-electron chi connectivity index (χ0n) is 11.7. The van der Waals surface area contributed by atoms with Crippen molar-refractivity contribution in [3.8, 4) is 0 Å². The van der Waals surface area contributed by atoms with Crippen molar-refractivity contribution in [2.75, 3.05) is 0 Å². The molecule has 0 aliphatic heterocycles. The summed E-state index contributed by atoms with van der Waals surface area (Å²) in [5, 5.41) is 8.66. The van der Waals surface area contributed by atoms with Gasteiger partial charge in [-0.25, -0.2) is 4.79 Å². The van der Waals surface area contributed by atoms with Crippen molar-refractivity contribution in [1.29, 1.82) is 0 Å². The number of carbonyl (C=O) groups is 1. The second kappa shape index (κ2) is 9.95. The van der Waals surface area contributed by atoms with Gasteiger partial charge in [-0.05, 0) is 24.3 Å². The molecular formula is C16H23NO2. The van der Waals surface area contributed by atoms with Crippen LogP contribution in [0.4, 0.5) is 0 Å². The van der Waals surface area contributed by atoms with Crippen molar-refractivity contribution in [3.63, 3.8) is 0 Å². The fourth-order valence-electron chi connectivity index (χ4n) is 1.70. The van der Waals surface area contributed by atoms with Crippen LogP contribution in [0.2, 0.25) is 0 Å². The number of rotatable bonds is 5. The quantitative estimate of drug-likeness (QED) is 0.795. The summed E-state index contributed by atoms with van der Waals surface area (Å²) >= 11 is 0. The molecule has 0 unspecified atom stereocenters. The molecule has 0 aromatic heterocycles. The van der Waals surface area contributed by atoms with Crippen LogP contribution in [-0.4, -0.2) is 11.1 Å². The molecule has 0 fully saturated rings. The normalized spacial score (nSPS) is 10.6. The third kappa shape index (κ3) is 6.46. The fraction of sp³-hybridized carbons (Fsp3) is 0.312. The summed E-state index contributed by atoms with van der Waals surface area (Å²) in [6, 6.07) is 10.0. The van der Waals surface area contributed by atoms with E-state index in [2.05, 4.69) is 6.58 Å². The zero-order chi connectivity index (χ0) is 14.7. The van der Waals surface area contributed by atoms with E-state index in [0.29, 0.717) is 5.57 Å². The van der Waals surface area contributed by atoms with Crippen molar-refractivity contribution in [2.24, 2.45) is 11.7 Å². The Morgan fingerprint density at radius 2 is 1.84 bits per heavy atom. The van der Waals surface area contributed by atoms with Gasteiger partial charge in [-0.1, -0.05) is 56.8 Å². The first-order valence-electron chi connectivity index (χ1n) is 6.43. The lowest BCUT2D eigenvalue weighted by Crippen LogP contribution is -2.13. The molecule has 19 heavy (non-hydrogen) atoms. The third-order valence-electron chi connectivity index (χ3n) is 2.89. The van der Waals surface area contributed by atoms with E-state index in [-0.39, 0.29) is 5.92 Å². The van der Waals surface area contributed by atoms with Crippen LogP contribution in [0, 0.1) is 5.92 Å². The first-order chi connectivity index (χ1) is 9.10. The lowest BCUT2D eigenvalue weighted by Gasteiger charge is -2.11. The summed E-state index contributed by atoms with van der Waals surface area (Å²) < 4.78 is 0. The molecule has 0 saturated carbocycles. The number of benzene rings is 1. The molecule has 0 spiro atoms. The maximum absolute atomic E-state index is 10.5. The van der Waals surface area contributed by atoms with Gasteiger partial charge in [0.1, 0.15) is 0 Å². The van der Waals surface area contributed by atoms with Crippen molar-refractivity contribution in [2.45, 2.75) is 26.7 Å². The number of hydrogen-bond acceptors (Lipinski definition) is 2. The zero-order valence-corrected chi connectivity index (χ0v) is 11.7. The van der Waals surface area contributed by atoms with E-state index in [9.17, 15) is 4.79 Å². The summed E-state index contributed by atoms with van der Waals surface area (Å²) in [5.74, 6) is -0.807. The summed E-state index contributed by atoms with van der Waals surface area (Å²) in [6.07, 6.45) is 4.68. The van der Waals surface area contributed by atoms with Crippen LogP contribution >= 0.6 is 0 Å². The van der Waals surface area contributed by atoms with E-state index < -0.39 is 5.97 Å². The van der Waals surface area contributed by atoms with Crippen molar-refractivity contribution in [3.05, 3.63) is 54.2 Å². The van der Waals surface area contributed by atoms with E-state index >= 15 is 0 Å². The second-order valence-corrected chi connectivity index (χ2v) is 4.06. The van der Waals surface area contributed by atoms with Crippen LogP contribution in [-0.2, 0) is 4.79 Å². The third-order valence-corrected chi connectivity index (χ3v) is 2.89. The topological polar surface area (TPSA) is 63.3 Å². The lowest BCUT2D eigenvalue weighted by atomic mass is 9.94. The van der Waals surface area contributed by atoms with E-state index in [1.165, 1.54) is 11.8 Å². The SMILES string of the molecule is C=Cc1ccccc1.CCC(CC)C(=CN)C(=O)O. The average Bonchev–Trinajstić information content (AvgIpc) is 2.45. The van der Waals surface area contributed by atoms with Gasteiger partial charge in [-0.2, -0.15) is 0 Å². The highest BCUT2D eigenvalue weighted by Gasteiger charge is 2.15. The van der Waals surface area contributed by atoms with Crippen LogP contribution in [0.25, 0.3) is 6.08 Å². The summed E-state index contributed by atoms with van der Waals surface area (Å²) in [5.41, 5.74) is 6.69. The average molecular weight is 261 g/mol. The summed E-state index contributed by atoms with van der Waals surface area (Å²) in [7, 11) is 0. The number of aliphatic carboxylic acids is 1. The minimum atomic E-state index is -0.902. The van der Waals surface area contributed by atoms with Crippen LogP contribution in [0.5, 0.6) is 0 Å². The standard InChI is InChI=1S/C8H15NO2.C8H8/c1-3-6(4-2)7(5-9)8(10)11;1-2-8-6-4-3-5-7-8/h5-6H,3-4,9H2,1-2H3,(H,10,11);2-7H,1H2. The van der Waals surface area contributed by atoms with Gasteiger partial charge in [0.05, 0.1) is 5.57 Å². The Kier molecular flexibility index (Phi) is 8.88. The van der Waals surface area contributed by atoms with Crippen LogP contribution < -0.4 is 5.73 Å². The molecule has 0 atom stereocenters. The molecule has 0 saturated heterocycles. The first-order valence-corrected chi connectivity index (χ1v) is 6.43. The maximum Gasteiger partial charge on any atom is 0.333 e. The van der Waals surface area contributed by atoms with E-state index in [1.54, 1.807) is 0 Å². The van der Waals surface area contributed by atoms with E-state index in [1.807, 2.05) is 50.3 Å². The van der Waals surface area contributed by atoms with Gasteiger partial charge in [-0.3, -0.25) is 0 Å². The van der Waals surface area contributed by atoms with Crippen LogP contribution in [0.15, 0.2) is 48.7 Å². The highest BCUT2D eigenvalue weighted by atomic mass is 16.4. The molecule has 0 bridgehead atoms. The predicted octanol–water partition coefficient (Wildman–Crippen LogP) is 3.68. The molecule has 0 heterocycles. The predicted molar refractivity (Wildman–Crippen MR) is 80.5 cm³/mol. The molecule has 0 radical (unpaired) electrons. The van der Waals surface area contributed by atoms with Crippen LogP contribution in [0.3, 0.4) is 0 Å². The Bertz CT molecular complexity index is 406. The van der Waals surface area contributed by atoms with Crippen molar-refractivity contribution >= 4 is 12.0 Å². The summed E-state index contributed by atoms with van der Waals surface area (Å²) in [4.78, 5) is 10.5. The van der Waals surface area contributed by atoms with Gasteiger partial charge in [0.2, 0.25) is 0 Å². The Morgan fingerprint density at radius 1 is 1.32 bits per heavy atom. The highest BCUT2D eigenvalue weighted by Crippen LogP contribution is 2.17. The Morgan fingerprint density at radius 3 is 2.05 bits per heavy atom. The van der Waals surface area contributed by atoms with Gasteiger partial charge in [0.15, 0.2) is 0 Å². The molecular weight excluding hydrogens is 238 g/mol. The fourth-order valence-corrected chi connectivity index (χ4v) is 1.70. The molecule has 1 aromatic rings. The van der Waals surface area contributed by atoms with Gasteiger partial charge >= 0.3 is 5.97 Å². The van der Waals surface area contributed by atoms with Gasteiger partial charge in [-0.15, -0.1) is 0 Å². The van der Waals surface area contributed by atoms with Crippen molar-refractivity contribution in [1.82, 2.24) is 0 Å². The smallest absolute Gasteiger partial charge is 0.333 e. The molecule has 3 N–H and O–H groups in total. The monoisotopic (exact) mass is 261 g/mol. The first kappa shape index (κ1) is 17.0. The highest BCUT2D eigenvalue weighted by molar-refractivity contribution is 5.86.